The quantitative estimate of drug-likeness (QED) is 0.289. The number of halogens is 4. The van der Waals surface area contributed by atoms with Crippen LogP contribution in [0.4, 0.5) is 17.6 Å². The molecule has 0 unspecified atom stereocenters. The number of hydrogen-bond acceptors (Lipinski definition) is 2. The van der Waals surface area contributed by atoms with Gasteiger partial charge < -0.3 is 5.43 Å². The van der Waals surface area contributed by atoms with Gasteiger partial charge in [-0.1, -0.05) is 19.3 Å². The summed E-state index contributed by atoms with van der Waals surface area (Å²) in [6.07, 6.45) is 0.286. The molecule has 0 bridgehead atoms. The Morgan fingerprint density at radius 1 is 1.19 bits per heavy atom. The largest absolute Gasteiger partial charge is 0.416 e. The summed E-state index contributed by atoms with van der Waals surface area (Å²) in [6.45, 7) is 0. The highest BCUT2D eigenvalue weighted by Crippen LogP contribution is 2.30. The standard InChI is InChI=1S/C14H17F4N3/c15-12-7-6-9(14(16,17)18)8-11(12)13(21-19)20-10-4-2-1-3-5-10/h6-8,10H,1-5,19H2,(H,20,21). The van der Waals surface area contributed by atoms with E-state index >= 15 is 0 Å². The number of aliphatic imine (C=N–C) groups is 1. The molecule has 3 nitrogen and oxygen atoms in total. The van der Waals surface area contributed by atoms with Crippen molar-refractivity contribution in [3.63, 3.8) is 0 Å². The first-order valence-corrected chi connectivity index (χ1v) is 6.83. The van der Waals surface area contributed by atoms with Crippen molar-refractivity contribution in [3.05, 3.63) is 35.1 Å². The topological polar surface area (TPSA) is 50.4 Å². The van der Waals surface area contributed by atoms with Crippen LogP contribution in [0.15, 0.2) is 23.2 Å². The third-order valence-corrected chi connectivity index (χ3v) is 3.57. The van der Waals surface area contributed by atoms with Crippen molar-refractivity contribution in [1.82, 2.24) is 5.43 Å². The maximum Gasteiger partial charge on any atom is 0.416 e. The summed E-state index contributed by atoms with van der Waals surface area (Å²) >= 11 is 0. The Labute approximate surface area is 120 Å². The van der Waals surface area contributed by atoms with Gasteiger partial charge in [-0.3, -0.25) is 4.99 Å². The van der Waals surface area contributed by atoms with E-state index in [4.69, 9.17) is 5.84 Å². The molecule has 0 aromatic heterocycles. The molecule has 1 aromatic rings. The van der Waals surface area contributed by atoms with Crippen LogP contribution in [0.5, 0.6) is 0 Å². The van der Waals surface area contributed by atoms with E-state index in [0.717, 1.165) is 44.2 Å². The molecule has 116 valence electrons. The highest BCUT2D eigenvalue weighted by atomic mass is 19.4. The van der Waals surface area contributed by atoms with Gasteiger partial charge in [0.2, 0.25) is 0 Å². The number of hydrazine groups is 1. The zero-order chi connectivity index (χ0) is 15.5. The summed E-state index contributed by atoms with van der Waals surface area (Å²) in [7, 11) is 0. The lowest BCUT2D eigenvalue weighted by molar-refractivity contribution is -0.137. The molecule has 0 radical (unpaired) electrons. The van der Waals surface area contributed by atoms with Crippen LogP contribution in [0.1, 0.15) is 43.2 Å². The predicted octanol–water partition coefficient (Wildman–Crippen LogP) is 3.39. The minimum absolute atomic E-state index is 0.0289. The Morgan fingerprint density at radius 2 is 1.86 bits per heavy atom. The van der Waals surface area contributed by atoms with Gasteiger partial charge in [0.15, 0.2) is 0 Å². The van der Waals surface area contributed by atoms with E-state index in [0.29, 0.717) is 6.07 Å². The van der Waals surface area contributed by atoms with Gasteiger partial charge >= 0.3 is 6.18 Å². The van der Waals surface area contributed by atoms with Gasteiger partial charge in [0.25, 0.3) is 0 Å². The SMILES string of the molecule is NNC(=NC1CCCCC1)c1cc(C(F)(F)F)ccc1F. The number of nitrogens with one attached hydrogen (secondary N) is 1. The van der Waals surface area contributed by atoms with Crippen molar-refractivity contribution >= 4 is 5.84 Å². The number of alkyl halides is 3. The Balaban J connectivity index is 2.34. The lowest BCUT2D eigenvalue weighted by Crippen LogP contribution is -2.33. The second-order valence-corrected chi connectivity index (χ2v) is 5.11. The average molecular weight is 303 g/mol. The number of nitrogens with zero attached hydrogens (tertiary/aromatic N) is 1. The zero-order valence-corrected chi connectivity index (χ0v) is 11.4. The van der Waals surface area contributed by atoms with E-state index in [9.17, 15) is 17.6 Å². The lowest BCUT2D eigenvalue weighted by Gasteiger charge is -2.19. The summed E-state index contributed by atoms with van der Waals surface area (Å²) in [4.78, 5) is 4.28. The normalized spacial score (nSPS) is 17.9. The van der Waals surface area contributed by atoms with Crippen LogP contribution in [-0.2, 0) is 6.18 Å². The predicted molar refractivity (Wildman–Crippen MR) is 72.1 cm³/mol. The minimum atomic E-state index is -4.53. The van der Waals surface area contributed by atoms with Crippen LogP contribution < -0.4 is 11.3 Å². The zero-order valence-electron chi connectivity index (χ0n) is 11.4. The molecular formula is C14H17F4N3. The van der Waals surface area contributed by atoms with Crippen LogP contribution in [-0.4, -0.2) is 11.9 Å². The summed E-state index contributed by atoms with van der Waals surface area (Å²) in [5.74, 6) is 4.50. The van der Waals surface area contributed by atoms with Crippen molar-refractivity contribution < 1.29 is 17.6 Å². The van der Waals surface area contributed by atoms with Crippen molar-refractivity contribution in [2.45, 2.75) is 44.3 Å². The third-order valence-electron chi connectivity index (χ3n) is 3.57. The molecule has 1 saturated carbocycles. The Hall–Kier alpha value is -1.63. The third kappa shape index (κ3) is 3.93. The Morgan fingerprint density at radius 3 is 2.43 bits per heavy atom. The maximum absolute atomic E-state index is 13.8. The Kier molecular flexibility index (Phi) is 4.82. The monoisotopic (exact) mass is 303 g/mol. The highest BCUT2D eigenvalue weighted by Gasteiger charge is 2.31. The summed E-state index contributed by atoms with van der Waals surface area (Å²) < 4.78 is 51.9. The average Bonchev–Trinajstić information content (AvgIpc) is 2.45. The van der Waals surface area contributed by atoms with Gasteiger partial charge in [-0.05, 0) is 31.0 Å². The number of amidine groups is 1. The fourth-order valence-corrected chi connectivity index (χ4v) is 2.46. The van der Waals surface area contributed by atoms with Gasteiger partial charge in [-0.15, -0.1) is 0 Å². The van der Waals surface area contributed by atoms with Gasteiger partial charge in [0.05, 0.1) is 17.2 Å². The second-order valence-electron chi connectivity index (χ2n) is 5.11. The maximum atomic E-state index is 13.8. The molecule has 2 rings (SSSR count). The molecule has 7 heteroatoms. The van der Waals surface area contributed by atoms with E-state index in [1.807, 2.05) is 0 Å². The Bertz CT molecular complexity index is 519. The van der Waals surface area contributed by atoms with E-state index in [1.165, 1.54) is 0 Å². The smallest absolute Gasteiger partial charge is 0.308 e. The van der Waals surface area contributed by atoms with Crippen LogP contribution in [0.2, 0.25) is 0 Å². The van der Waals surface area contributed by atoms with Crippen molar-refractivity contribution in [3.8, 4) is 0 Å². The molecule has 1 aromatic carbocycles. The van der Waals surface area contributed by atoms with Crippen LogP contribution in [0, 0.1) is 5.82 Å². The molecule has 1 aliphatic rings. The summed E-state index contributed by atoms with van der Waals surface area (Å²) in [5, 5.41) is 0. The van der Waals surface area contributed by atoms with Gasteiger partial charge in [0.1, 0.15) is 11.7 Å². The number of rotatable bonds is 2. The van der Waals surface area contributed by atoms with Crippen molar-refractivity contribution in [1.29, 1.82) is 0 Å². The van der Waals surface area contributed by atoms with Crippen LogP contribution in [0.25, 0.3) is 0 Å². The molecule has 0 spiro atoms. The number of benzene rings is 1. The van der Waals surface area contributed by atoms with Gasteiger partial charge in [-0.25, -0.2) is 10.2 Å². The fraction of sp³-hybridized carbons (Fsp3) is 0.500. The van der Waals surface area contributed by atoms with Gasteiger partial charge in [0, 0.05) is 0 Å². The van der Waals surface area contributed by atoms with Gasteiger partial charge in [-0.2, -0.15) is 13.2 Å². The molecule has 0 heterocycles. The molecule has 0 aliphatic heterocycles. The van der Waals surface area contributed by atoms with E-state index in [2.05, 4.69) is 10.4 Å². The number of nitrogens with two attached hydrogens (primary N) is 1. The molecular weight excluding hydrogens is 286 g/mol. The van der Waals surface area contributed by atoms with Crippen LogP contribution in [0.3, 0.4) is 0 Å². The van der Waals surface area contributed by atoms with Crippen molar-refractivity contribution in [2.75, 3.05) is 0 Å². The number of hydrogen-bond donors (Lipinski definition) is 2. The minimum Gasteiger partial charge on any atom is -0.308 e. The van der Waals surface area contributed by atoms with E-state index in [-0.39, 0.29) is 17.4 Å². The first kappa shape index (κ1) is 15.8. The first-order chi connectivity index (χ1) is 9.91. The molecule has 0 atom stereocenters. The van der Waals surface area contributed by atoms with E-state index in [1.54, 1.807) is 0 Å². The fourth-order valence-electron chi connectivity index (χ4n) is 2.46. The van der Waals surface area contributed by atoms with E-state index < -0.39 is 17.6 Å². The molecule has 3 N–H and O–H groups in total. The lowest BCUT2D eigenvalue weighted by atomic mass is 9.96. The molecule has 0 saturated heterocycles. The highest BCUT2D eigenvalue weighted by molar-refractivity contribution is 5.99. The summed E-state index contributed by atoms with van der Waals surface area (Å²) in [6, 6.07) is 2.19. The molecule has 0 amide bonds. The van der Waals surface area contributed by atoms with Crippen LogP contribution >= 0.6 is 0 Å². The first-order valence-electron chi connectivity index (χ1n) is 6.83. The molecule has 1 aliphatic carbocycles. The second kappa shape index (κ2) is 6.43. The summed E-state index contributed by atoms with van der Waals surface area (Å²) in [5.41, 5.74) is 1.05. The van der Waals surface area contributed by atoms with Crippen molar-refractivity contribution in [2.24, 2.45) is 10.8 Å². The molecule has 21 heavy (non-hydrogen) atoms. The molecule has 1 fully saturated rings.